The largest absolute Gasteiger partial charge is 0.372 e. The van der Waals surface area contributed by atoms with E-state index in [0.717, 1.165) is 11.1 Å². The minimum Gasteiger partial charge on any atom is -0.372 e. The van der Waals surface area contributed by atoms with Gasteiger partial charge in [-0.1, -0.05) is 6.07 Å². The van der Waals surface area contributed by atoms with Gasteiger partial charge in [0.2, 0.25) is 0 Å². The highest BCUT2D eigenvalue weighted by atomic mass is 15.0. The van der Waals surface area contributed by atoms with Gasteiger partial charge in [-0.25, -0.2) is 0 Å². The molecule has 0 saturated heterocycles. The first kappa shape index (κ1) is 7.37. The minimum atomic E-state index is -0.0816. The third-order valence-corrected chi connectivity index (χ3v) is 2.03. The van der Waals surface area contributed by atoms with Crippen molar-refractivity contribution >= 4 is 6.08 Å². The van der Waals surface area contributed by atoms with Gasteiger partial charge in [0.15, 0.2) is 0 Å². The third kappa shape index (κ3) is 1.10. The molecule has 3 N–H and O–H groups in total. The Kier molecular flexibility index (Phi) is 1.62. The molecule has 61 valence electrons. The van der Waals surface area contributed by atoms with Crippen LogP contribution in [0.3, 0.4) is 0 Å². The molecule has 2 rings (SSSR count). The van der Waals surface area contributed by atoms with Crippen molar-refractivity contribution in [2.75, 3.05) is 0 Å². The lowest BCUT2D eigenvalue weighted by Gasteiger charge is -2.19. The summed E-state index contributed by atoms with van der Waals surface area (Å²) in [7, 11) is 0. The predicted molar refractivity (Wildman–Crippen MR) is 49.1 cm³/mol. The number of hydrogen-bond acceptors (Lipinski definition) is 2. The Morgan fingerprint density at radius 1 is 1.58 bits per heavy atom. The Morgan fingerprint density at radius 2 is 2.42 bits per heavy atom. The SMILES string of the molecule is Cc1[c]cc2c(c1)C=CNC2N. The average molecular weight is 159 g/mol. The average Bonchev–Trinajstić information content (AvgIpc) is 2.04. The van der Waals surface area contributed by atoms with Crippen LogP contribution in [-0.4, -0.2) is 0 Å². The summed E-state index contributed by atoms with van der Waals surface area (Å²) in [4.78, 5) is 0. The maximum Gasteiger partial charge on any atom is 0.101 e. The molecule has 1 aromatic rings. The van der Waals surface area contributed by atoms with Crippen molar-refractivity contribution in [2.24, 2.45) is 5.73 Å². The molecule has 0 aliphatic carbocycles. The summed E-state index contributed by atoms with van der Waals surface area (Å²) in [5.41, 5.74) is 9.27. The van der Waals surface area contributed by atoms with E-state index in [1.165, 1.54) is 5.56 Å². The van der Waals surface area contributed by atoms with E-state index in [0.29, 0.717) is 0 Å². The molecule has 1 aromatic carbocycles. The molecule has 0 saturated carbocycles. The molecular formula is C10H11N2. The lowest BCUT2D eigenvalue weighted by atomic mass is 10.0. The zero-order chi connectivity index (χ0) is 8.55. The summed E-state index contributed by atoms with van der Waals surface area (Å²) in [6, 6.07) is 7.18. The van der Waals surface area contributed by atoms with E-state index in [9.17, 15) is 0 Å². The fourth-order valence-electron chi connectivity index (χ4n) is 1.38. The number of nitrogens with one attached hydrogen (secondary N) is 1. The quantitative estimate of drug-likeness (QED) is 0.599. The van der Waals surface area contributed by atoms with Crippen molar-refractivity contribution in [3.63, 3.8) is 0 Å². The second kappa shape index (κ2) is 2.64. The topological polar surface area (TPSA) is 38.0 Å². The fraction of sp³-hybridized carbons (Fsp3) is 0.200. The van der Waals surface area contributed by atoms with Gasteiger partial charge in [0.1, 0.15) is 6.17 Å². The molecule has 1 unspecified atom stereocenters. The number of nitrogens with two attached hydrogens (primary N) is 1. The van der Waals surface area contributed by atoms with E-state index in [4.69, 9.17) is 5.73 Å². The normalized spacial score (nSPS) is 20.0. The summed E-state index contributed by atoms with van der Waals surface area (Å²) in [6.45, 7) is 2.03. The van der Waals surface area contributed by atoms with Crippen molar-refractivity contribution in [1.29, 1.82) is 0 Å². The maximum atomic E-state index is 5.81. The first-order valence-corrected chi connectivity index (χ1v) is 3.98. The van der Waals surface area contributed by atoms with Gasteiger partial charge in [0.25, 0.3) is 0 Å². The monoisotopic (exact) mass is 159 g/mol. The molecule has 0 amide bonds. The molecule has 0 spiro atoms. The molecule has 0 fully saturated rings. The van der Waals surface area contributed by atoms with Crippen LogP contribution in [0.5, 0.6) is 0 Å². The molecule has 0 bridgehead atoms. The van der Waals surface area contributed by atoms with E-state index in [1.807, 2.05) is 25.3 Å². The highest BCUT2D eigenvalue weighted by Gasteiger charge is 2.10. The molecular weight excluding hydrogens is 148 g/mol. The molecule has 1 atom stereocenters. The van der Waals surface area contributed by atoms with E-state index >= 15 is 0 Å². The Balaban J connectivity index is 2.55. The molecule has 1 radical (unpaired) electrons. The lowest BCUT2D eigenvalue weighted by molar-refractivity contribution is 0.646. The zero-order valence-electron chi connectivity index (χ0n) is 6.96. The van der Waals surface area contributed by atoms with Crippen LogP contribution in [0, 0.1) is 13.0 Å². The molecule has 1 aliphatic rings. The Morgan fingerprint density at radius 3 is 3.25 bits per heavy atom. The van der Waals surface area contributed by atoms with Gasteiger partial charge in [-0.05, 0) is 48.0 Å². The van der Waals surface area contributed by atoms with Crippen LogP contribution in [0.25, 0.3) is 6.08 Å². The number of aryl methyl sites for hydroxylation is 1. The maximum absolute atomic E-state index is 5.81. The molecule has 2 nitrogen and oxygen atoms in total. The fourth-order valence-corrected chi connectivity index (χ4v) is 1.38. The Labute approximate surface area is 72.1 Å². The molecule has 1 aliphatic heterocycles. The first-order valence-electron chi connectivity index (χ1n) is 3.98. The van der Waals surface area contributed by atoms with Crippen LogP contribution in [0.1, 0.15) is 22.9 Å². The van der Waals surface area contributed by atoms with Gasteiger partial charge in [-0.15, -0.1) is 0 Å². The predicted octanol–water partition coefficient (Wildman–Crippen LogP) is 1.33. The van der Waals surface area contributed by atoms with Crippen molar-refractivity contribution in [3.05, 3.63) is 41.1 Å². The molecule has 0 aromatic heterocycles. The second-order valence-corrected chi connectivity index (χ2v) is 3.00. The van der Waals surface area contributed by atoms with Crippen LogP contribution < -0.4 is 11.1 Å². The standard InChI is InChI=1S/C10H11N2/c1-7-2-3-9-8(6-7)4-5-12-10(9)11/h3-6,10,12H,11H2,1H3. The van der Waals surface area contributed by atoms with Crippen molar-refractivity contribution in [3.8, 4) is 0 Å². The summed E-state index contributed by atoms with van der Waals surface area (Å²) in [5.74, 6) is 0. The van der Waals surface area contributed by atoms with Gasteiger partial charge < -0.3 is 11.1 Å². The lowest BCUT2D eigenvalue weighted by Crippen LogP contribution is -2.27. The van der Waals surface area contributed by atoms with Crippen molar-refractivity contribution < 1.29 is 0 Å². The number of rotatable bonds is 0. The third-order valence-electron chi connectivity index (χ3n) is 2.03. The minimum absolute atomic E-state index is 0.0816. The van der Waals surface area contributed by atoms with E-state index in [-0.39, 0.29) is 6.17 Å². The summed E-state index contributed by atoms with van der Waals surface area (Å²) in [5, 5.41) is 3.03. The summed E-state index contributed by atoms with van der Waals surface area (Å²) >= 11 is 0. The zero-order valence-corrected chi connectivity index (χ0v) is 6.96. The van der Waals surface area contributed by atoms with Crippen molar-refractivity contribution in [2.45, 2.75) is 13.1 Å². The van der Waals surface area contributed by atoms with E-state index in [2.05, 4.69) is 17.4 Å². The number of hydrogen-bond donors (Lipinski definition) is 2. The highest BCUT2D eigenvalue weighted by molar-refractivity contribution is 5.57. The van der Waals surface area contributed by atoms with Crippen molar-refractivity contribution in [1.82, 2.24) is 5.32 Å². The van der Waals surface area contributed by atoms with Crippen LogP contribution in [0.15, 0.2) is 18.3 Å². The highest BCUT2D eigenvalue weighted by Crippen LogP contribution is 2.20. The summed E-state index contributed by atoms with van der Waals surface area (Å²) < 4.78 is 0. The van der Waals surface area contributed by atoms with Crippen LogP contribution in [-0.2, 0) is 0 Å². The van der Waals surface area contributed by atoms with Crippen LogP contribution in [0.4, 0.5) is 0 Å². The smallest absolute Gasteiger partial charge is 0.101 e. The van der Waals surface area contributed by atoms with Gasteiger partial charge in [-0.2, -0.15) is 0 Å². The Bertz CT molecular complexity index is 329. The second-order valence-electron chi connectivity index (χ2n) is 3.00. The van der Waals surface area contributed by atoms with Gasteiger partial charge in [0.05, 0.1) is 0 Å². The van der Waals surface area contributed by atoms with E-state index < -0.39 is 0 Å². The molecule has 2 heteroatoms. The summed E-state index contributed by atoms with van der Waals surface area (Å²) in [6.07, 6.45) is 3.83. The van der Waals surface area contributed by atoms with E-state index in [1.54, 1.807) is 0 Å². The molecule has 1 heterocycles. The van der Waals surface area contributed by atoms with Gasteiger partial charge in [-0.3, -0.25) is 0 Å². The number of benzene rings is 1. The number of fused-ring (bicyclic) bond motifs is 1. The van der Waals surface area contributed by atoms with Gasteiger partial charge in [0, 0.05) is 0 Å². The van der Waals surface area contributed by atoms with Crippen LogP contribution >= 0.6 is 0 Å². The van der Waals surface area contributed by atoms with Gasteiger partial charge >= 0.3 is 0 Å². The Hall–Kier alpha value is -1.28. The van der Waals surface area contributed by atoms with Crippen LogP contribution in [0.2, 0.25) is 0 Å². The first-order chi connectivity index (χ1) is 5.77. The molecule has 12 heavy (non-hydrogen) atoms.